The fourth-order valence-corrected chi connectivity index (χ4v) is 3.34. The average molecular weight is 343 g/mol. The maximum Gasteiger partial charge on any atom is 0.203 e. The molecule has 2 aromatic rings. The standard InChI is InChI=1S/C19H25N3O3/c1-23-17-7-6-15(18(24-2)19(17)25-3)13-22-10-9-21-12-16(22)14-5-4-8-20-11-14/h4-8,11,16,21H,9-10,12-13H2,1-3H3. The van der Waals surface area contributed by atoms with Crippen molar-refractivity contribution in [2.75, 3.05) is 41.0 Å². The minimum absolute atomic E-state index is 0.278. The molecule has 3 rings (SSSR count). The van der Waals surface area contributed by atoms with Crippen molar-refractivity contribution < 1.29 is 14.2 Å². The van der Waals surface area contributed by atoms with Crippen LogP contribution in [-0.2, 0) is 6.54 Å². The number of ether oxygens (including phenoxy) is 3. The van der Waals surface area contributed by atoms with Crippen molar-refractivity contribution in [2.45, 2.75) is 12.6 Å². The number of nitrogens with zero attached hydrogens (tertiary/aromatic N) is 2. The van der Waals surface area contributed by atoms with Crippen molar-refractivity contribution >= 4 is 0 Å². The van der Waals surface area contributed by atoms with Gasteiger partial charge in [0.05, 0.1) is 21.3 Å². The Morgan fingerprint density at radius 2 is 1.96 bits per heavy atom. The third-order valence-electron chi connectivity index (χ3n) is 4.58. The maximum absolute atomic E-state index is 5.63. The molecule has 0 saturated carbocycles. The van der Waals surface area contributed by atoms with Crippen LogP contribution in [0.25, 0.3) is 0 Å². The first-order valence-electron chi connectivity index (χ1n) is 8.41. The van der Waals surface area contributed by atoms with Crippen LogP contribution < -0.4 is 19.5 Å². The van der Waals surface area contributed by atoms with Crippen molar-refractivity contribution in [2.24, 2.45) is 0 Å². The summed E-state index contributed by atoms with van der Waals surface area (Å²) in [7, 11) is 4.93. The lowest BCUT2D eigenvalue weighted by Crippen LogP contribution is -2.45. The molecule has 25 heavy (non-hydrogen) atoms. The summed E-state index contributed by atoms with van der Waals surface area (Å²) in [6.45, 7) is 3.59. The molecule has 134 valence electrons. The van der Waals surface area contributed by atoms with E-state index in [9.17, 15) is 0 Å². The van der Waals surface area contributed by atoms with Gasteiger partial charge in [0, 0.05) is 50.2 Å². The zero-order valence-corrected chi connectivity index (χ0v) is 15.0. The Bertz CT molecular complexity index is 694. The summed E-state index contributed by atoms with van der Waals surface area (Å²) in [5.74, 6) is 2.04. The first kappa shape index (κ1) is 17.5. The van der Waals surface area contributed by atoms with E-state index in [2.05, 4.69) is 21.3 Å². The molecule has 1 aliphatic rings. The van der Waals surface area contributed by atoms with Crippen LogP contribution in [0, 0.1) is 0 Å². The first-order chi connectivity index (χ1) is 12.3. The summed E-state index contributed by atoms with van der Waals surface area (Å²) in [4.78, 5) is 6.71. The van der Waals surface area contributed by atoms with Crippen LogP contribution in [-0.4, -0.2) is 50.8 Å². The van der Waals surface area contributed by atoms with Crippen LogP contribution in [0.2, 0.25) is 0 Å². The number of aromatic nitrogens is 1. The molecule has 0 radical (unpaired) electrons. The summed E-state index contributed by atoms with van der Waals surface area (Å²) in [5, 5.41) is 3.47. The van der Waals surface area contributed by atoms with Gasteiger partial charge in [-0.25, -0.2) is 0 Å². The van der Waals surface area contributed by atoms with Crippen LogP contribution in [0.5, 0.6) is 17.2 Å². The molecule has 1 aromatic heterocycles. The van der Waals surface area contributed by atoms with E-state index in [0.29, 0.717) is 11.5 Å². The van der Waals surface area contributed by atoms with E-state index in [4.69, 9.17) is 14.2 Å². The molecule has 6 nitrogen and oxygen atoms in total. The van der Waals surface area contributed by atoms with Gasteiger partial charge in [-0.2, -0.15) is 0 Å². The number of rotatable bonds is 6. The molecule has 1 atom stereocenters. The Hall–Kier alpha value is -2.31. The monoisotopic (exact) mass is 343 g/mol. The molecule has 0 aliphatic carbocycles. The van der Waals surface area contributed by atoms with Gasteiger partial charge in [0.15, 0.2) is 11.5 Å². The van der Waals surface area contributed by atoms with E-state index >= 15 is 0 Å². The molecule has 1 fully saturated rings. The Morgan fingerprint density at radius 1 is 1.12 bits per heavy atom. The highest BCUT2D eigenvalue weighted by molar-refractivity contribution is 5.55. The lowest BCUT2D eigenvalue weighted by atomic mass is 10.0. The van der Waals surface area contributed by atoms with Gasteiger partial charge in [0.2, 0.25) is 5.75 Å². The van der Waals surface area contributed by atoms with E-state index in [1.807, 2.05) is 30.6 Å². The molecule has 0 bridgehead atoms. The van der Waals surface area contributed by atoms with E-state index < -0.39 is 0 Å². The van der Waals surface area contributed by atoms with Gasteiger partial charge in [-0.15, -0.1) is 0 Å². The number of piperazine rings is 1. The summed E-state index contributed by atoms with van der Waals surface area (Å²) in [5.41, 5.74) is 2.30. The molecule has 1 saturated heterocycles. The number of methoxy groups -OCH3 is 3. The van der Waals surface area contributed by atoms with Crippen LogP contribution >= 0.6 is 0 Å². The fraction of sp³-hybridized carbons (Fsp3) is 0.421. The van der Waals surface area contributed by atoms with Crippen LogP contribution in [0.3, 0.4) is 0 Å². The highest BCUT2D eigenvalue weighted by Gasteiger charge is 2.26. The molecule has 2 heterocycles. The number of benzene rings is 1. The molecular weight excluding hydrogens is 318 g/mol. The third-order valence-corrected chi connectivity index (χ3v) is 4.58. The summed E-state index contributed by atoms with van der Waals surface area (Å²) in [6.07, 6.45) is 3.75. The van der Waals surface area contributed by atoms with Crippen molar-refractivity contribution in [3.05, 3.63) is 47.8 Å². The zero-order chi connectivity index (χ0) is 17.6. The molecule has 6 heteroatoms. The van der Waals surface area contributed by atoms with Gasteiger partial charge < -0.3 is 19.5 Å². The summed E-state index contributed by atoms with van der Waals surface area (Å²) in [6, 6.07) is 8.36. The number of pyridine rings is 1. The van der Waals surface area contributed by atoms with Crippen molar-refractivity contribution in [3.63, 3.8) is 0 Å². The topological polar surface area (TPSA) is 55.9 Å². The smallest absolute Gasteiger partial charge is 0.203 e. The van der Waals surface area contributed by atoms with E-state index in [1.165, 1.54) is 5.56 Å². The lowest BCUT2D eigenvalue weighted by molar-refractivity contribution is 0.151. The Morgan fingerprint density at radius 3 is 2.64 bits per heavy atom. The second kappa shape index (κ2) is 8.18. The summed E-state index contributed by atoms with van der Waals surface area (Å²) >= 11 is 0. The molecule has 0 spiro atoms. The van der Waals surface area contributed by atoms with Crippen LogP contribution in [0.15, 0.2) is 36.7 Å². The first-order valence-corrected chi connectivity index (χ1v) is 8.41. The summed E-state index contributed by atoms with van der Waals surface area (Å²) < 4.78 is 16.5. The van der Waals surface area contributed by atoms with Crippen molar-refractivity contribution in [1.82, 2.24) is 15.2 Å². The number of hydrogen-bond acceptors (Lipinski definition) is 6. The third kappa shape index (κ3) is 3.70. The quantitative estimate of drug-likeness (QED) is 0.868. The molecule has 1 N–H and O–H groups in total. The molecule has 1 unspecified atom stereocenters. The molecule has 1 aromatic carbocycles. The van der Waals surface area contributed by atoms with Gasteiger partial charge in [0.25, 0.3) is 0 Å². The molecule has 1 aliphatic heterocycles. The van der Waals surface area contributed by atoms with Gasteiger partial charge in [-0.1, -0.05) is 12.1 Å². The predicted molar refractivity (Wildman–Crippen MR) is 96.4 cm³/mol. The molecule has 0 amide bonds. The second-order valence-electron chi connectivity index (χ2n) is 5.97. The number of hydrogen-bond donors (Lipinski definition) is 1. The Labute approximate surface area is 148 Å². The van der Waals surface area contributed by atoms with E-state index in [0.717, 1.165) is 37.5 Å². The van der Waals surface area contributed by atoms with Crippen LogP contribution in [0.1, 0.15) is 17.2 Å². The largest absolute Gasteiger partial charge is 0.493 e. The van der Waals surface area contributed by atoms with E-state index in [-0.39, 0.29) is 6.04 Å². The number of nitrogens with one attached hydrogen (secondary N) is 1. The van der Waals surface area contributed by atoms with Crippen LogP contribution in [0.4, 0.5) is 0 Å². The average Bonchev–Trinajstić information content (AvgIpc) is 2.68. The maximum atomic E-state index is 5.63. The highest BCUT2D eigenvalue weighted by Crippen LogP contribution is 2.40. The van der Waals surface area contributed by atoms with Gasteiger partial charge in [-0.05, 0) is 17.7 Å². The van der Waals surface area contributed by atoms with Crippen molar-refractivity contribution in [1.29, 1.82) is 0 Å². The zero-order valence-electron chi connectivity index (χ0n) is 15.0. The van der Waals surface area contributed by atoms with E-state index in [1.54, 1.807) is 21.3 Å². The minimum atomic E-state index is 0.278. The predicted octanol–water partition coefficient (Wildman–Crippen LogP) is 2.25. The second-order valence-corrected chi connectivity index (χ2v) is 5.97. The van der Waals surface area contributed by atoms with Crippen molar-refractivity contribution in [3.8, 4) is 17.2 Å². The Kier molecular flexibility index (Phi) is 5.73. The molecular formula is C19H25N3O3. The normalized spacial score (nSPS) is 18.0. The van der Waals surface area contributed by atoms with Gasteiger partial charge in [0.1, 0.15) is 0 Å². The highest BCUT2D eigenvalue weighted by atomic mass is 16.5. The minimum Gasteiger partial charge on any atom is -0.493 e. The fourth-order valence-electron chi connectivity index (χ4n) is 3.34. The Balaban J connectivity index is 1.89. The SMILES string of the molecule is COc1ccc(CN2CCNCC2c2cccnc2)c(OC)c1OC. The van der Waals surface area contributed by atoms with Gasteiger partial charge >= 0.3 is 0 Å². The lowest BCUT2D eigenvalue weighted by Gasteiger charge is -2.36. The van der Waals surface area contributed by atoms with Gasteiger partial charge in [-0.3, -0.25) is 9.88 Å².